The van der Waals surface area contributed by atoms with Gasteiger partial charge in [-0.15, -0.1) is 0 Å². The Morgan fingerprint density at radius 2 is 1.81 bits per heavy atom. The molecule has 1 fully saturated rings. The van der Waals surface area contributed by atoms with Crippen molar-refractivity contribution in [3.05, 3.63) is 58.3 Å². The molecule has 1 aromatic heterocycles. The van der Waals surface area contributed by atoms with E-state index in [4.69, 9.17) is 4.42 Å². The molecule has 2 aromatic carbocycles. The van der Waals surface area contributed by atoms with E-state index in [2.05, 4.69) is 0 Å². The Kier molecular flexibility index (Phi) is 4.30. The lowest BCUT2D eigenvalue weighted by molar-refractivity contribution is 0.287. The molecule has 7 heteroatoms. The van der Waals surface area contributed by atoms with Crippen molar-refractivity contribution in [2.75, 3.05) is 18.0 Å². The summed E-state index contributed by atoms with van der Waals surface area (Å²) in [6.07, 6.45) is 0.408. The molecule has 0 aliphatic carbocycles. The Morgan fingerprint density at radius 3 is 2.52 bits per heavy atom. The molecule has 0 bridgehead atoms. The van der Waals surface area contributed by atoms with E-state index in [1.807, 2.05) is 4.90 Å². The quantitative estimate of drug-likeness (QED) is 0.722. The second kappa shape index (κ2) is 6.64. The lowest BCUT2D eigenvalue weighted by atomic mass is 10.1. The number of benzene rings is 2. The average molecular weight is 375 g/mol. The molecule has 4 nitrogen and oxygen atoms in total. The van der Waals surface area contributed by atoms with Gasteiger partial charge in [0.25, 0.3) is 0 Å². The Morgan fingerprint density at radius 1 is 1.07 bits per heavy atom. The van der Waals surface area contributed by atoms with Gasteiger partial charge in [-0.05, 0) is 49.2 Å². The van der Waals surface area contributed by atoms with Gasteiger partial charge in [-0.1, -0.05) is 0 Å². The van der Waals surface area contributed by atoms with Crippen LogP contribution in [0.25, 0.3) is 22.3 Å². The molecule has 140 valence electrons. The van der Waals surface area contributed by atoms with E-state index in [0.717, 1.165) is 30.8 Å². The van der Waals surface area contributed by atoms with Crippen molar-refractivity contribution < 1.29 is 22.7 Å². The normalized spacial score (nSPS) is 17.4. The third-order valence-corrected chi connectivity index (χ3v) is 4.78. The van der Waals surface area contributed by atoms with Gasteiger partial charge in [-0.3, -0.25) is 4.79 Å². The van der Waals surface area contributed by atoms with Gasteiger partial charge in [0.1, 0.15) is 6.17 Å². The fourth-order valence-electron chi connectivity index (χ4n) is 3.36. The molecule has 1 N–H and O–H groups in total. The zero-order valence-electron chi connectivity index (χ0n) is 14.2. The number of nitrogens with zero attached hydrogens (tertiary/aromatic N) is 1. The maximum absolute atomic E-state index is 14.5. The number of fused-ring (bicyclic) bond motifs is 1. The van der Waals surface area contributed by atoms with Gasteiger partial charge in [-0.2, -0.15) is 8.78 Å². The first kappa shape index (κ1) is 17.5. The molecule has 3 aromatic rings. The summed E-state index contributed by atoms with van der Waals surface area (Å²) in [6, 6.07) is 8.50. The molecule has 2 heterocycles. The van der Waals surface area contributed by atoms with Crippen LogP contribution in [0, 0.1) is 11.6 Å². The maximum atomic E-state index is 14.5. The molecule has 1 aliphatic rings. The second-order valence-corrected chi connectivity index (χ2v) is 6.58. The fourth-order valence-corrected chi connectivity index (χ4v) is 3.36. The fraction of sp³-hybridized carbons (Fsp3) is 0.250. The van der Waals surface area contributed by atoms with Crippen LogP contribution in [0.5, 0.6) is 5.75 Å². The highest BCUT2D eigenvalue weighted by Crippen LogP contribution is 2.31. The van der Waals surface area contributed by atoms with Crippen LogP contribution in [-0.4, -0.2) is 24.4 Å². The lowest BCUT2D eigenvalue weighted by Gasteiger charge is -2.31. The number of aromatic hydroxyl groups is 1. The molecule has 4 rings (SSSR count). The van der Waals surface area contributed by atoms with E-state index >= 15 is 0 Å². The largest absolute Gasteiger partial charge is 0.505 e. The second-order valence-electron chi connectivity index (χ2n) is 6.58. The number of halogens is 3. The van der Waals surface area contributed by atoms with Crippen molar-refractivity contribution in [3.63, 3.8) is 0 Å². The third-order valence-electron chi connectivity index (χ3n) is 4.78. The number of rotatable bonds is 2. The summed E-state index contributed by atoms with van der Waals surface area (Å²) in [4.78, 5) is 14.1. The molecule has 0 radical (unpaired) electrons. The van der Waals surface area contributed by atoms with Gasteiger partial charge in [0, 0.05) is 24.3 Å². The van der Waals surface area contributed by atoms with E-state index in [0.29, 0.717) is 13.0 Å². The maximum Gasteiger partial charge on any atom is 0.229 e. The molecule has 1 saturated heterocycles. The number of piperidine rings is 1. The average Bonchev–Trinajstić information content (AvgIpc) is 2.68. The molecule has 1 atom stereocenters. The number of phenolic OH excluding ortho intramolecular Hbond substituents is 1. The van der Waals surface area contributed by atoms with Crippen LogP contribution in [0.15, 0.2) is 45.6 Å². The molecule has 1 aliphatic heterocycles. The van der Waals surface area contributed by atoms with E-state index in [1.54, 1.807) is 12.1 Å². The van der Waals surface area contributed by atoms with Gasteiger partial charge >= 0.3 is 0 Å². The van der Waals surface area contributed by atoms with Crippen molar-refractivity contribution in [2.45, 2.75) is 19.0 Å². The molecule has 0 spiro atoms. The Labute approximate surface area is 152 Å². The highest BCUT2D eigenvalue weighted by Gasteiger charge is 2.22. The number of alkyl halides is 1. The van der Waals surface area contributed by atoms with E-state index < -0.39 is 40.3 Å². The van der Waals surface area contributed by atoms with Crippen LogP contribution in [0.3, 0.4) is 0 Å². The standard InChI is InChI=1S/C20H16F3NO3/c21-12-2-1-9-24(10-12)13-5-3-11(4-6-13)19-17(23)18(26)14-7-8-15(25)16(22)20(14)27-19/h3-8,12,25H,1-2,9-10H2. The van der Waals surface area contributed by atoms with Crippen molar-refractivity contribution in [2.24, 2.45) is 0 Å². The number of anilines is 1. The monoisotopic (exact) mass is 375 g/mol. The van der Waals surface area contributed by atoms with E-state index in [1.165, 1.54) is 12.1 Å². The molecular weight excluding hydrogens is 359 g/mol. The van der Waals surface area contributed by atoms with Crippen molar-refractivity contribution in [3.8, 4) is 17.1 Å². The van der Waals surface area contributed by atoms with E-state index in [9.17, 15) is 23.1 Å². The zero-order chi connectivity index (χ0) is 19.1. The number of phenols is 1. The van der Waals surface area contributed by atoms with Gasteiger partial charge in [0.2, 0.25) is 17.1 Å². The van der Waals surface area contributed by atoms with Crippen LogP contribution < -0.4 is 10.3 Å². The summed E-state index contributed by atoms with van der Waals surface area (Å²) in [5.41, 5.74) is -0.498. The molecule has 1 unspecified atom stereocenters. The first-order valence-corrected chi connectivity index (χ1v) is 8.59. The highest BCUT2D eigenvalue weighted by atomic mass is 19.1. The smallest absolute Gasteiger partial charge is 0.229 e. The minimum absolute atomic E-state index is 0.242. The zero-order valence-corrected chi connectivity index (χ0v) is 14.2. The Balaban J connectivity index is 1.77. The number of hydrogen-bond donors (Lipinski definition) is 1. The van der Waals surface area contributed by atoms with Crippen LogP contribution in [-0.2, 0) is 0 Å². The first-order valence-electron chi connectivity index (χ1n) is 8.59. The Hall–Kier alpha value is -2.96. The lowest BCUT2D eigenvalue weighted by Crippen LogP contribution is -2.36. The SMILES string of the molecule is O=c1c(F)c(-c2ccc(N3CCCC(F)C3)cc2)oc2c(F)c(O)ccc12. The predicted molar refractivity (Wildman–Crippen MR) is 95.8 cm³/mol. The summed E-state index contributed by atoms with van der Waals surface area (Å²) in [6.45, 7) is 1.02. The molecule has 0 saturated carbocycles. The van der Waals surface area contributed by atoms with Crippen molar-refractivity contribution in [1.29, 1.82) is 0 Å². The summed E-state index contributed by atoms with van der Waals surface area (Å²) >= 11 is 0. The molecular formula is C20H16F3NO3. The summed E-state index contributed by atoms with van der Waals surface area (Å²) in [5.74, 6) is -3.36. The van der Waals surface area contributed by atoms with Crippen molar-refractivity contribution in [1.82, 2.24) is 0 Å². The Bertz CT molecular complexity index is 1060. The predicted octanol–water partition coefficient (Wildman–Crippen LogP) is 4.38. The van der Waals surface area contributed by atoms with Gasteiger partial charge in [-0.25, -0.2) is 4.39 Å². The molecule has 0 amide bonds. The van der Waals surface area contributed by atoms with Crippen LogP contribution in [0.1, 0.15) is 12.8 Å². The molecule has 27 heavy (non-hydrogen) atoms. The topological polar surface area (TPSA) is 53.7 Å². The highest BCUT2D eigenvalue weighted by molar-refractivity contribution is 5.81. The summed E-state index contributed by atoms with van der Waals surface area (Å²) in [5, 5.41) is 9.19. The van der Waals surface area contributed by atoms with Crippen LogP contribution in [0.2, 0.25) is 0 Å². The van der Waals surface area contributed by atoms with Gasteiger partial charge in [0.05, 0.1) is 5.39 Å². The van der Waals surface area contributed by atoms with Gasteiger partial charge < -0.3 is 14.4 Å². The van der Waals surface area contributed by atoms with Crippen LogP contribution >= 0.6 is 0 Å². The third kappa shape index (κ3) is 3.03. The van der Waals surface area contributed by atoms with Gasteiger partial charge in [0.15, 0.2) is 17.1 Å². The van der Waals surface area contributed by atoms with Crippen molar-refractivity contribution >= 4 is 16.7 Å². The number of hydrogen-bond acceptors (Lipinski definition) is 4. The van der Waals surface area contributed by atoms with E-state index in [-0.39, 0.29) is 10.9 Å². The minimum Gasteiger partial charge on any atom is -0.505 e. The first-order chi connectivity index (χ1) is 13.0. The minimum atomic E-state index is -1.14. The summed E-state index contributed by atoms with van der Waals surface area (Å²) in [7, 11) is 0. The summed E-state index contributed by atoms with van der Waals surface area (Å²) < 4.78 is 47.5. The van der Waals surface area contributed by atoms with Crippen LogP contribution in [0.4, 0.5) is 18.9 Å².